The number of nitrogens with one attached hydrogen (secondary N) is 2. The van der Waals surface area contributed by atoms with Gasteiger partial charge in [-0.25, -0.2) is 0 Å². The summed E-state index contributed by atoms with van der Waals surface area (Å²) in [6, 6.07) is 7.78. The fourth-order valence-corrected chi connectivity index (χ4v) is 2.84. The molecule has 0 bridgehead atoms. The maximum Gasteiger partial charge on any atom is 0.257 e. The lowest BCUT2D eigenvalue weighted by Crippen LogP contribution is -2.37. The Morgan fingerprint density at radius 1 is 1.26 bits per heavy atom. The second-order valence-electron chi connectivity index (χ2n) is 5.83. The van der Waals surface area contributed by atoms with Crippen LogP contribution in [0.25, 0.3) is 0 Å². The standard InChI is InChI=1S/C17H22N4O.ClH/c1-20(2)11-6-12-21-15-9-4-3-7-13(15)17(22)19-14-8-5-10-18-16(14)21;/h3-5,7-9,18H,6,10-12H2,1-2H3,(H,19,22);1H. The van der Waals surface area contributed by atoms with Crippen LogP contribution in [0.4, 0.5) is 5.69 Å². The fraction of sp³-hybridized carbons (Fsp3) is 0.353. The van der Waals surface area contributed by atoms with Crippen molar-refractivity contribution in [3.05, 3.63) is 53.5 Å². The van der Waals surface area contributed by atoms with Crippen molar-refractivity contribution in [3.63, 3.8) is 0 Å². The van der Waals surface area contributed by atoms with Gasteiger partial charge in [-0.2, -0.15) is 0 Å². The molecular weight excluding hydrogens is 312 g/mol. The Balaban J connectivity index is 0.00000192. The minimum absolute atomic E-state index is 0. The first-order valence-electron chi connectivity index (χ1n) is 7.64. The van der Waals surface area contributed by atoms with Crippen molar-refractivity contribution in [1.29, 1.82) is 0 Å². The van der Waals surface area contributed by atoms with Crippen LogP contribution in [0.15, 0.2) is 47.9 Å². The number of dihydropyridines is 1. The number of hydrogen-bond acceptors (Lipinski definition) is 4. The first kappa shape index (κ1) is 17.4. The van der Waals surface area contributed by atoms with Crippen molar-refractivity contribution in [2.75, 3.05) is 38.6 Å². The first-order chi connectivity index (χ1) is 10.7. The van der Waals surface area contributed by atoms with Gasteiger partial charge in [-0.3, -0.25) is 4.79 Å². The first-order valence-corrected chi connectivity index (χ1v) is 7.64. The molecule has 3 rings (SSSR count). The number of fused-ring (bicyclic) bond motifs is 1. The zero-order valence-electron chi connectivity index (χ0n) is 13.5. The second kappa shape index (κ2) is 7.53. The summed E-state index contributed by atoms with van der Waals surface area (Å²) in [6.07, 6.45) is 5.03. The zero-order chi connectivity index (χ0) is 15.5. The third kappa shape index (κ3) is 3.68. The molecule has 0 fully saturated rings. The average molecular weight is 335 g/mol. The summed E-state index contributed by atoms with van der Waals surface area (Å²) in [5, 5.41) is 6.41. The Morgan fingerprint density at radius 2 is 2.04 bits per heavy atom. The molecule has 0 unspecified atom stereocenters. The van der Waals surface area contributed by atoms with E-state index in [-0.39, 0.29) is 18.3 Å². The predicted octanol–water partition coefficient (Wildman–Crippen LogP) is 1.94. The van der Waals surface area contributed by atoms with Gasteiger partial charge in [0.2, 0.25) is 0 Å². The van der Waals surface area contributed by atoms with Crippen LogP contribution in [0.5, 0.6) is 0 Å². The summed E-state index contributed by atoms with van der Waals surface area (Å²) in [6.45, 7) is 2.66. The minimum Gasteiger partial charge on any atom is -0.366 e. The van der Waals surface area contributed by atoms with Crippen molar-refractivity contribution in [2.24, 2.45) is 0 Å². The molecule has 124 valence electrons. The van der Waals surface area contributed by atoms with Gasteiger partial charge in [-0.05, 0) is 45.3 Å². The number of para-hydroxylation sites is 1. The number of amides is 1. The van der Waals surface area contributed by atoms with Crippen LogP contribution in [0.1, 0.15) is 16.8 Å². The molecule has 2 N–H and O–H groups in total. The molecule has 0 saturated heterocycles. The second-order valence-corrected chi connectivity index (χ2v) is 5.83. The van der Waals surface area contributed by atoms with E-state index in [1.54, 1.807) is 0 Å². The van der Waals surface area contributed by atoms with Crippen LogP contribution in [0.3, 0.4) is 0 Å². The lowest BCUT2D eigenvalue weighted by Gasteiger charge is -2.30. The van der Waals surface area contributed by atoms with Gasteiger partial charge in [0.05, 0.1) is 16.9 Å². The smallest absolute Gasteiger partial charge is 0.257 e. The number of halogens is 1. The largest absolute Gasteiger partial charge is 0.366 e. The van der Waals surface area contributed by atoms with E-state index in [4.69, 9.17) is 0 Å². The van der Waals surface area contributed by atoms with E-state index in [0.29, 0.717) is 0 Å². The van der Waals surface area contributed by atoms with Gasteiger partial charge in [-0.15, -0.1) is 12.4 Å². The number of rotatable bonds is 4. The molecule has 2 aliphatic heterocycles. The lowest BCUT2D eigenvalue weighted by atomic mass is 10.1. The Hall–Kier alpha value is -1.98. The molecule has 0 radical (unpaired) electrons. The molecule has 0 aliphatic carbocycles. The molecule has 1 amide bonds. The van der Waals surface area contributed by atoms with Crippen LogP contribution in [-0.2, 0) is 0 Å². The lowest BCUT2D eigenvalue weighted by molar-refractivity contribution is 0.0968. The highest BCUT2D eigenvalue weighted by Gasteiger charge is 2.26. The quantitative estimate of drug-likeness (QED) is 0.883. The highest BCUT2D eigenvalue weighted by atomic mass is 35.5. The van der Waals surface area contributed by atoms with Crippen molar-refractivity contribution < 1.29 is 4.79 Å². The number of nitrogens with zero attached hydrogens (tertiary/aromatic N) is 2. The van der Waals surface area contributed by atoms with E-state index in [9.17, 15) is 4.79 Å². The Bertz CT molecular complexity index is 639. The summed E-state index contributed by atoms with van der Waals surface area (Å²) >= 11 is 0. The normalized spacial score (nSPS) is 16.1. The molecule has 0 aromatic heterocycles. The topological polar surface area (TPSA) is 47.6 Å². The number of allylic oxidation sites excluding steroid dienone is 1. The zero-order valence-corrected chi connectivity index (χ0v) is 14.3. The number of carbonyl (C=O) groups is 1. The van der Waals surface area contributed by atoms with E-state index in [2.05, 4.69) is 34.5 Å². The van der Waals surface area contributed by atoms with E-state index in [1.165, 1.54) is 0 Å². The van der Waals surface area contributed by atoms with Gasteiger partial charge in [0.1, 0.15) is 5.82 Å². The Kier molecular flexibility index (Phi) is 5.69. The van der Waals surface area contributed by atoms with Gasteiger partial charge in [0.25, 0.3) is 5.91 Å². The van der Waals surface area contributed by atoms with Crippen molar-refractivity contribution >= 4 is 24.0 Å². The molecule has 0 atom stereocenters. The molecule has 5 nitrogen and oxygen atoms in total. The number of anilines is 1. The van der Waals surface area contributed by atoms with Crippen LogP contribution in [-0.4, -0.2) is 44.5 Å². The highest BCUT2D eigenvalue weighted by Crippen LogP contribution is 2.28. The van der Waals surface area contributed by atoms with Crippen LogP contribution < -0.4 is 15.5 Å². The highest BCUT2D eigenvalue weighted by molar-refractivity contribution is 6.02. The SMILES string of the molecule is CN(C)CCCN1C2=C(C=CCN2)NC(=O)c2ccccc21.Cl. The van der Waals surface area contributed by atoms with Crippen molar-refractivity contribution in [1.82, 2.24) is 15.5 Å². The van der Waals surface area contributed by atoms with E-state index >= 15 is 0 Å². The summed E-state index contributed by atoms with van der Waals surface area (Å²) < 4.78 is 0. The molecule has 2 aliphatic rings. The van der Waals surface area contributed by atoms with E-state index in [0.717, 1.165) is 48.8 Å². The van der Waals surface area contributed by atoms with Gasteiger partial charge >= 0.3 is 0 Å². The molecule has 2 heterocycles. The van der Waals surface area contributed by atoms with Crippen molar-refractivity contribution in [2.45, 2.75) is 6.42 Å². The summed E-state index contributed by atoms with van der Waals surface area (Å²) in [7, 11) is 4.15. The number of benzene rings is 1. The molecule has 23 heavy (non-hydrogen) atoms. The molecule has 0 spiro atoms. The molecule has 6 heteroatoms. The predicted molar refractivity (Wildman–Crippen MR) is 95.8 cm³/mol. The van der Waals surface area contributed by atoms with Gasteiger partial charge < -0.3 is 20.4 Å². The van der Waals surface area contributed by atoms with Gasteiger partial charge in [0, 0.05) is 13.1 Å². The maximum absolute atomic E-state index is 12.4. The van der Waals surface area contributed by atoms with Crippen LogP contribution in [0.2, 0.25) is 0 Å². The van der Waals surface area contributed by atoms with E-state index in [1.807, 2.05) is 36.4 Å². The third-order valence-corrected chi connectivity index (χ3v) is 3.87. The number of hydrogen-bond donors (Lipinski definition) is 2. The summed E-state index contributed by atoms with van der Waals surface area (Å²) in [5.41, 5.74) is 2.53. The van der Waals surface area contributed by atoms with Crippen LogP contribution >= 0.6 is 12.4 Å². The van der Waals surface area contributed by atoms with Crippen molar-refractivity contribution in [3.8, 4) is 0 Å². The Labute approximate surface area is 143 Å². The average Bonchev–Trinajstić information content (AvgIpc) is 2.63. The van der Waals surface area contributed by atoms with Gasteiger partial charge in [0.15, 0.2) is 0 Å². The fourth-order valence-electron chi connectivity index (χ4n) is 2.84. The summed E-state index contributed by atoms with van der Waals surface area (Å²) in [4.78, 5) is 16.8. The maximum atomic E-state index is 12.4. The molecule has 1 aromatic carbocycles. The minimum atomic E-state index is -0.0495. The van der Waals surface area contributed by atoms with Crippen LogP contribution in [0, 0.1) is 0 Å². The Morgan fingerprint density at radius 3 is 2.83 bits per heavy atom. The summed E-state index contributed by atoms with van der Waals surface area (Å²) in [5.74, 6) is 0.936. The molecule has 1 aromatic rings. The molecule has 0 saturated carbocycles. The molecular formula is C17H23ClN4O. The van der Waals surface area contributed by atoms with Gasteiger partial charge in [-0.1, -0.05) is 18.2 Å². The third-order valence-electron chi connectivity index (χ3n) is 3.87. The van der Waals surface area contributed by atoms with E-state index < -0.39 is 0 Å². The monoisotopic (exact) mass is 334 g/mol. The number of carbonyl (C=O) groups excluding carboxylic acids is 1.